The van der Waals surface area contributed by atoms with E-state index in [0.717, 1.165) is 25.1 Å². The van der Waals surface area contributed by atoms with Crippen LogP contribution >= 0.6 is 0 Å². The van der Waals surface area contributed by atoms with Crippen LogP contribution in [-0.2, 0) is 0 Å². The zero-order valence-corrected chi connectivity index (χ0v) is 9.19. The smallest absolute Gasteiger partial charge is 0.125 e. The molecule has 0 spiro atoms. The number of hydrogen-bond donors (Lipinski definition) is 2. The molecule has 3 N–H and O–H groups in total. The normalized spacial score (nSPS) is 10.3. The van der Waals surface area contributed by atoms with Crippen molar-refractivity contribution in [2.75, 3.05) is 30.3 Å². The number of pyridine rings is 1. The van der Waals surface area contributed by atoms with E-state index in [1.54, 1.807) is 6.20 Å². The van der Waals surface area contributed by atoms with Gasteiger partial charge in [-0.05, 0) is 12.5 Å². The van der Waals surface area contributed by atoms with E-state index in [1.165, 1.54) is 0 Å². The molecule has 0 amide bonds. The van der Waals surface area contributed by atoms with E-state index in [1.807, 2.05) is 12.1 Å². The lowest BCUT2D eigenvalue weighted by molar-refractivity contribution is 0.301. The molecular weight excluding hydrogens is 190 g/mol. The molecule has 0 atom stereocenters. The van der Waals surface area contributed by atoms with Gasteiger partial charge in [0.25, 0.3) is 0 Å². The molecule has 1 rings (SSSR count). The zero-order chi connectivity index (χ0) is 11.1. The highest BCUT2D eigenvalue weighted by molar-refractivity contribution is 5.51. The van der Waals surface area contributed by atoms with Gasteiger partial charge in [-0.1, -0.05) is 13.3 Å². The number of aliphatic hydroxyl groups excluding tert-OH is 1. The van der Waals surface area contributed by atoms with E-state index in [2.05, 4.69) is 16.8 Å². The molecule has 0 aliphatic carbocycles. The Hall–Kier alpha value is -1.29. The summed E-state index contributed by atoms with van der Waals surface area (Å²) in [6.45, 7) is 3.90. The summed E-state index contributed by atoms with van der Waals surface area (Å²) in [5.74, 6) is 0.520. The van der Waals surface area contributed by atoms with Crippen LogP contribution in [-0.4, -0.2) is 29.8 Å². The van der Waals surface area contributed by atoms with Gasteiger partial charge >= 0.3 is 0 Å². The Bertz CT molecular complexity index is 291. The van der Waals surface area contributed by atoms with E-state index in [-0.39, 0.29) is 6.61 Å². The van der Waals surface area contributed by atoms with Crippen molar-refractivity contribution in [2.45, 2.75) is 19.8 Å². The second-order valence-electron chi connectivity index (χ2n) is 3.50. The van der Waals surface area contributed by atoms with Gasteiger partial charge < -0.3 is 15.7 Å². The van der Waals surface area contributed by atoms with E-state index >= 15 is 0 Å². The molecule has 1 aromatic rings. The molecule has 0 fully saturated rings. The predicted molar refractivity (Wildman–Crippen MR) is 62.9 cm³/mol. The van der Waals surface area contributed by atoms with E-state index < -0.39 is 0 Å². The number of aromatic nitrogens is 1. The highest BCUT2D eigenvalue weighted by Crippen LogP contribution is 2.15. The molecule has 0 bridgehead atoms. The molecule has 15 heavy (non-hydrogen) atoms. The van der Waals surface area contributed by atoms with Crippen LogP contribution in [0, 0.1) is 0 Å². The lowest BCUT2D eigenvalue weighted by atomic mass is 10.2. The molecule has 1 aromatic heterocycles. The number of anilines is 2. The van der Waals surface area contributed by atoms with Gasteiger partial charge in [0.1, 0.15) is 5.82 Å². The summed E-state index contributed by atoms with van der Waals surface area (Å²) < 4.78 is 0. The molecular formula is C11H19N3O. The zero-order valence-electron chi connectivity index (χ0n) is 9.19. The van der Waals surface area contributed by atoms with Crippen molar-refractivity contribution in [1.29, 1.82) is 0 Å². The average molecular weight is 209 g/mol. The third kappa shape index (κ3) is 3.75. The molecule has 4 nitrogen and oxygen atoms in total. The number of nitrogen functional groups attached to an aromatic ring is 1. The lowest BCUT2D eigenvalue weighted by Crippen LogP contribution is -2.27. The first kappa shape index (κ1) is 11.8. The fourth-order valence-electron chi connectivity index (χ4n) is 1.47. The Morgan fingerprint density at radius 2 is 2.27 bits per heavy atom. The Kier molecular flexibility index (Phi) is 4.90. The van der Waals surface area contributed by atoms with Crippen molar-refractivity contribution in [3.8, 4) is 0 Å². The van der Waals surface area contributed by atoms with E-state index in [0.29, 0.717) is 12.4 Å². The standard InChI is InChI=1S/C11H19N3O/c1-2-3-6-14(7-8-15)10-4-5-13-11(12)9-10/h4-5,9,15H,2-3,6-8H2,1H3,(H2,12,13). The second-order valence-corrected chi connectivity index (χ2v) is 3.50. The Labute approximate surface area is 90.7 Å². The van der Waals surface area contributed by atoms with Gasteiger partial charge in [0.05, 0.1) is 6.61 Å². The average Bonchev–Trinajstić information content (AvgIpc) is 2.24. The van der Waals surface area contributed by atoms with Crippen LogP contribution in [0.1, 0.15) is 19.8 Å². The largest absolute Gasteiger partial charge is 0.395 e. The summed E-state index contributed by atoms with van der Waals surface area (Å²) in [6, 6.07) is 3.76. The number of unbranched alkanes of at least 4 members (excludes halogenated alkanes) is 1. The summed E-state index contributed by atoms with van der Waals surface area (Å²) in [5, 5.41) is 8.98. The molecule has 4 heteroatoms. The van der Waals surface area contributed by atoms with Crippen LogP contribution in [0.4, 0.5) is 11.5 Å². The van der Waals surface area contributed by atoms with Gasteiger partial charge in [-0.2, -0.15) is 0 Å². The number of nitrogens with zero attached hydrogens (tertiary/aromatic N) is 2. The van der Waals surface area contributed by atoms with Crippen LogP contribution in [0.25, 0.3) is 0 Å². The minimum atomic E-state index is 0.159. The van der Waals surface area contributed by atoms with Crippen LogP contribution < -0.4 is 10.6 Å². The Morgan fingerprint density at radius 1 is 1.47 bits per heavy atom. The van der Waals surface area contributed by atoms with Crippen LogP contribution in [0.2, 0.25) is 0 Å². The molecule has 0 radical (unpaired) electrons. The maximum absolute atomic E-state index is 8.98. The molecule has 0 unspecified atom stereocenters. The van der Waals surface area contributed by atoms with E-state index in [4.69, 9.17) is 10.8 Å². The van der Waals surface area contributed by atoms with Gasteiger partial charge in [-0.3, -0.25) is 0 Å². The van der Waals surface area contributed by atoms with Crippen molar-refractivity contribution in [2.24, 2.45) is 0 Å². The number of hydrogen-bond acceptors (Lipinski definition) is 4. The summed E-state index contributed by atoms with van der Waals surface area (Å²) in [7, 11) is 0. The van der Waals surface area contributed by atoms with Crippen molar-refractivity contribution < 1.29 is 5.11 Å². The van der Waals surface area contributed by atoms with Gasteiger partial charge in [-0.15, -0.1) is 0 Å². The molecule has 84 valence electrons. The molecule has 0 saturated heterocycles. The topological polar surface area (TPSA) is 62.4 Å². The second kappa shape index (κ2) is 6.24. The third-order valence-corrected chi connectivity index (χ3v) is 2.28. The van der Waals surface area contributed by atoms with Gasteiger partial charge in [0.15, 0.2) is 0 Å². The number of rotatable bonds is 6. The highest BCUT2D eigenvalue weighted by Gasteiger charge is 2.05. The predicted octanol–water partition coefficient (Wildman–Crippen LogP) is 1.26. The van der Waals surface area contributed by atoms with Crippen LogP contribution in [0.3, 0.4) is 0 Å². The van der Waals surface area contributed by atoms with Gasteiger partial charge in [0, 0.05) is 31.0 Å². The SMILES string of the molecule is CCCCN(CCO)c1ccnc(N)c1. The van der Waals surface area contributed by atoms with Gasteiger partial charge in [0.2, 0.25) is 0 Å². The van der Waals surface area contributed by atoms with Crippen molar-refractivity contribution in [3.63, 3.8) is 0 Å². The maximum Gasteiger partial charge on any atom is 0.125 e. The molecule has 0 aromatic carbocycles. The van der Waals surface area contributed by atoms with E-state index in [9.17, 15) is 0 Å². The van der Waals surface area contributed by atoms with Crippen LogP contribution in [0.15, 0.2) is 18.3 Å². The molecule has 0 aliphatic heterocycles. The summed E-state index contributed by atoms with van der Waals surface area (Å²) in [4.78, 5) is 6.08. The van der Waals surface area contributed by atoms with Crippen LogP contribution in [0.5, 0.6) is 0 Å². The summed E-state index contributed by atoms with van der Waals surface area (Å²) in [6.07, 6.45) is 3.95. The minimum absolute atomic E-state index is 0.159. The van der Waals surface area contributed by atoms with Gasteiger partial charge in [-0.25, -0.2) is 4.98 Å². The highest BCUT2D eigenvalue weighted by atomic mass is 16.3. The van der Waals surface area contributed by atoms with Crippen molar-refractivity contribution in [3.05, 3.63) is 18.3 Å². The molecule has 0 aliphatic rings. The first-order valence-electron chi connectivity index (χ1n) is 5.35. The number of aliphatic hydroxyl groups is 1. The number of nitrogens with two attached hydrogens (primary N) is 1. The fraction of sp³-hybridized carbons (Fsp3) is 0.545. The summed E-state index contributed by atoms with van der Waals surface area (Å²) >= 11 is 0. The fourth-order valence-corrected chi connectivity index (χ4v) is 1.47. The lowest BCUT2D eigenvalue weighted by Gasteiger charge is -2.23. The quantitative estimate of drug-likeness (QED) is 0.740. The first-order chi connectivity index (χ1) is 7.27. The third-order valence-electron chi connectivity index (χ3n) is 2.28. The Morgan fingerprint density at radius 3 is 2.87 bits per heavy atom. The minimum Gasteiger partial charge on any atom is -0.395 e. The summed E-state index contributed by atoms with van der Waals surface area (Å²) in [5.41, 5.74) is 6.65. The monoisotopic (exact) mass is 209 g/mol. The first-order valence-corrected chi connectivity index (χ1v) is 5.35. The maximum atomic E-state index is 8.98. The van der Waals surface area contributed by atoms with Crippen molar-refractivity contribution >= 4 is 11.5 Å². The molecule has 0 saturated carbocycles. The Balaban J connectivity index is 2.69. The van der Waals surface area contributed by atoms with Crippen molar-refractivity contribution in [1.82, 2.24) is 4.98 Å². The molecule has 1 heterocycles.